The third-order valence-electron chi connectivity index (χ3n) is 3.76. The minimum Gasteiger partial charge on any atom is -0.350 e. The molecule has 0 heterocycles. The Morgan fingerprint density at radius 1 is 1.48 bits per heavy atom. The molecule has 1 N–H and O–H groups in total. The minimum atomic E-state index is -1.44. The predicted octanol–water partition coefficient (Wildman–Crippen LogP) is 2.89. The molecule has 1 fully saturated rings. The summed E-state index contributed by atoms with van der Waals surface area (Å²) in [6.07, 6.45) is 4.82. The zero-order chi connectivity index (χ0) is 15.6. The maximum Gasteiger partial charge on any atom is 0.305 e. The lowest BCUT2D eigenvalue weighted by Crippen LogP contribution is -2.45. The van der Waals surface area contributed by atoms with E-state index in [2.05, 4.69) is 5.32 Å². The number of carbonyl (C=O) groups excluding carboxylic acids is 1. The van der Waals surface area contributed by atoms with E-state index in [1.54, 1.807) is 11.8 Å². The highest BCUT2D eigenvalue weighted by Crippen LogP contribution is 2.42. The number of hydrogen-bond donors (Lipinski definition) is 1. The molecule has 0 saturated heterocycles. The third kappa shape index (κ3) is 2.99. The van der Waals surface area contributed by atoms with Gasteiger partial charge in [0.15, 0.2) is 0 Å². The fraction of sp³-hybridized carbons (Fsp3) is 0.462. The standard InChI is InChI=1S/C13H14F2N2O3S/c1-21-13(5-2-6-13)7-16-12(18)10-8(14)3-4-9(11(10)15)17(19)20/h3-4H,2,5-7H2,1H3,(H,16,18). The zero-order valence-electron chi connectivity index (χ0n) is 11.3. The normalized spacial score (nSPS) is 16.1. The van der Waals surface area contributed by atoms with Crippen molar-refractivity contribution in [2.24, 2.45) is 0 Å². The van der Waals surface area contributed by atoms with Crippen LogP contribution in [0.2, 0.25) is 0 Å². The molecular weight excluding hydrogens is 302 g/mol. The SMILES string of the molecule is CSC1(CNC(=O)c2c(F)ccc([N+](=O)[O-])c2F)CCC1. The first kappa shape index (κ1) is 15.7. The second-order valence-electron chi connectivity index (χ2n) is 4.94. The Balaban J connectivity index is 2.19. The summed E-state index contributed by atoms with van der Waals surface area (Å²) in [5.74, 6) is -3.51. The van der Waals surface area contributed by atoms with Crippen LogP contribution >= 0.6 is 11.8 Å². The van der Waals surface area contributed by atoms with Crippen molar-refractivity contribution in [1.29, 1.82) is 0 Å². The summed E-state index contributed by atoms with van der Waals surface area (Å²) >= 11 is 1.60. The molecule has 1 amide bonds. The van der Waals surface area contributed by atoms with Gasteiger partial charge in [0.25, 0.3) is 5.91 Å². The Kier molecular flexibility index (Phi) is 4.46. The van der Waals surface area contributed by atoms with Gasteiger partial charge < -0.3 is 5.32 Å². The lowest BCUT2D eigenvalue weighted by atomic mass is 9.84. The maximum absolute atomic E-state index is 13.9. The molecule has 0 atom stereocenters. The van der Waals surface area contributed by atoms with Gasteiger partial charge in [0.2, 0.25) is 5.82 Å². The van der Waals surface area contributed by atoms with Crippen LogP contribution in [0.3, 0.4) is 0 Å². The number of nitrogens with one attached hydrogen (secondary N) is 1. The van der Waals surface area contributed by atoms with E-state index >= 15 is 0 Å². The van der Waals surface area contributed by atoms with Gasteiger partial charge in [-0.05, 0) is 25.2 Å². The molecule has 0 aliphatic heterocycles. The number of amides is 1. The molecule has 0 spiro atoms. The van der Waals surface area contributed by atoms with Crippen molar-refractivity contribution < 1.29 is 18.5 Å². The Morgan fingerprint density at radius 2 is 2.14 bits per heavy atom. The van der Waals surface area contributed by atoms with Crippen LogP contribution in [0.25, 0.3) is 0 Å². The molecule has 114 valence electrons. The summed E-state index contributed by atoms with van der Waals surface area (Å²) < 4.78 is 27.4. The van der Waals surface area contributed by atoms with Crippen molar-refractivity contribution >= 4 is 23.4 Å². The minimum absolute atomic E-state index is 0.0939. The molecule has 2 rings (SSSR count). The quantitative estimate of drug-likeness (QED) is 0.669. The van der Waals surface area contributed by atoms with E-state index < -0.39 is 33.7 Å². The number of nitrogens with zero attached hydrogens (tertiary/aromatic N) is 1. The zero-order valence-corrected chi connectivity index (χ0v) is 12.1. The molecule has 1 saturated carbocycles. The Morgan fingerprint density at radius 3 is 2.62 bits per heavy atom. The molecular formula is C13H14F2N2O3S. The number of nitro benzene ring substituents is 1. The Labute approximate surface area is 124 Å². The first-order valence-electron chi connectivity index (χ1n) is 6.36. The van der Waals surface area contributed by atoms with E-state index in [1.165, 1.54) is 0 Å². The van der Waals surface area contributed by atoms with Gasteiger partial charge in [-0.3, -0.25) is 14.9 Å². The van der Waals surface area contributed by atoms with Crippen LogP contribution in [-0.2, 0) is 0 Å². The lowest BCUT2D eigenvalue weighted by molar-refractivity contribution is -0.387. The summed E-state index contributed by atoms with van der Waals surface area (Å²) in [6.45, 7) is 0.286. The average Bonchev–Trinajstić information content (AvgIpc) is 2.37. The van der Waals surface area contributed by atoms with Gasteiger partial charge in [0.05, 0.1) is 4.92 Å². The van der Waals surface area contributed by atoms with Gasteiger partial charge in [0.1, 0.15) is 11.4 Å². The highest BCUT2D eigenvalue weighted by atomic mass is 32.2. The fourth-order valence-electron chi connectivity index (χ4n) is 2.24. The molecule has 21 heavy (non-hydrogen) atoms. The van der Waals surface area contributed by atoms with E-state index in [0.717, 1.165) is 25.3 Å². The molecule has 0 bridgehead atoms. The summed E-state index contributed by atoms with van der Waals surface area (Å²) in [5, 5.41) is 13.1. The Bertz CT molecular complexity index is 586. The van der Waals surface area contributed by atoms with Gasteiger partial charge in [-0.2, -0.15) is 16.2 Å². The van der Waals surface area contributed by atoms with Crippen LogP contribution in [-0.4, -0.2) is 28.4 Å². The van der Waals surface area contributed by atoms with Gasteiger partial charge in [0, 0.05) is 17.4 Å². The lowest BCUT2D eigenvalue weighted by Gasteiger charge is -2.40. The predicted molar refractivity (Wildman–Crippen MR) is 75.4 cm³/mol. The van der Waals surface area contributed by atoms with Crippen molar-refractivity contribution in [2.45, 2.75) is 24.0 Å². The second kappa shape index (κ2) is 5.97. The average molecular weight is 316 g/mol. The van der Waals surface area contributed by atoms with Gasteiger partial charge in [-0.1, -0.05) is 6.42 Å². The third-order valence-corrected chi connectivity index (χ3v) is 5.18. The van der Waals surface area contributed by atoms with Crippen molar-refractivity contribution in [3.8, 4) is 0 Å². The van der Waals surface area contributed by atoms with Crippen molar-refractivity contribution in [3.63, 3.8) is 0 Å². The number of rotatable bonds is 5. The molecule has 1 aromatic rings. The molecule has 1 aliphatic rings. The fourth-order valence-corrected chi connectivity index (χ4v) is 3.16. The van der Waals surface area contributed by atoms with E-state index in [-0.39, 0.29) is 11.3 Å². The van der Waals surface area contributed by atoms with E-state index in [1.807, 2.05) is 6.26 Å². The summed E-state index contributed by atoms with van der Waals surface area (Å²) in [6, 6.07) is 1.43. The molecule has 5 nitrogen and oxygen atoms in total. The van der Waals surface area contributed by atoms with Gasteiger partial charge in [-0.25, -0.2) is 4.39 Å². The van der Waals surface area contributed by atoms with Crippen molar-refractivity contribution in [3.05, 3.63) is 39.4 Å². The van der Waals surface area contributed by atoms with Gasteiger partial charge >= 0.3 is 5.69 Å². The number of halogens is 2. The van der Waals surface area contributed by atoms with Crippen LogP contribution in [0.1, 0.15) is 29.6 Å². The summed E-state index contributed by atoms with van der Waals surface area (Å²) in [4.78, 5) is 21.6. The smallest absolute Gasteiger partial charge is 0.305 e. The van der Waals surface area contributed by atoms with Crippen LogP contribution in [0.15, 0.2) is 12.1 Å². The highest BCUT2D eigenvalue weighted by Gasteiger charge is 2.37. The van der Waals surface area contributed by atoms with Crippen LogP contribution in [0, 0.1) is 21.7 Å². The van der Waals surface area contributed by atoms with Crippen molar-refractivity contribution in [1.82, 2.24) is 5.32 Å². The molecule has 8 heteroatoms. The summed E-state index contributed by atoms with van der Waals surface area (Å²) in [7, 11) is 0. The van der Waals surface area contributed by atoms with Crippen molar-refractivity contribution in [2.75, 3.05) is 12.8 Å². The monoisotopic (exact) mass is 316 g/mol. The number of carbonyl (C=O) groups is 1. The number of hydrogen-bond acceptors (Lipinski definition) is 4. The van der Waals surface area contributed by atoms with Crippen LogP contribution < -0.4 is 5.32 Å². The molecule has 0 radical (unpaired) electrons. The molecule has 1 aliphatic carbocycles. The second-order valence-corrected chi connectivity index (χ2v) is 6.21. The largest absolute Gasteiger partial charge is 0.350 e. The van der Waals surface area contributed by atoms with E-state index in [0.29, 0.717) is 6.07 Å². The Hall–Kier alpha value is -1.70. The topological polar surface area (TPSA) is 72.2 Å². The van der Waals surface area contributed by atoms with E-state index in [4.69, 9.17) is 0 Å². The molecule has 1 aromatic carbocycles. The molecule has 0 unspecified atom stereocenters. The number of nitro groups is 1. The number of benzene rings is 1. The van der Waals surface area contributed by atoms with Crippen LogP contribution in [0.5, 0.6) is 0 Å². The maximum atomic E-state index is 13.9. The van der Waals surface area contributed by atoms with E-state index in [9.17, 15) is 23.7 Å². The first-order chi connectivity index (χ1) is 9.90. The van der Waals surface area contributed by atoms with Crippen LogP contribution in [0.4, 0.5) is 14.5 Å². The first-order valence-corrected chi connectivity index (χ1v) is 7.58. The highest BCUT2D eigenvalue weighted by molar-refractivity contribution is 8.00. The molecule has 0 aromatic heterocycles. The van der Waals surface area contributed by atoms with Gasteiger partial charge in [-0.15, -0.1) is 0 Å². The number of thioether (sulfide) groups is 1. The summed E-state index contributed by atoms with van der Waals surface area (Å²) in [5.41, 5.74) is -1.82.